The van der Waals surface area contributed by atoms with Crippen LogP contribution in [0.1, 0.15) is 31.4 Å². The van der Waals surface area contributed by atoms with E-state index in [0.717, 1.165) is 12.8 Å². The molecule has 1 aromatic rings. The Balaban J connectivity index is 1.80. The van der Waals surface area contributed by atoms with Gasteiger partial charge in [-0.15, -0.1) is 0 Å². The monoisotopic (exact) mass is 277 g/mol. The average Bonchev–Trinajstić information content (AvgIpc) is 3.27. The summed E-state index contributed by atoms with van der Waals surface area (Å²) in [6.45, 7) is 3.01. The number of benzene rings is 1. The van der Waals surface area contributed by atoms with E-state index < -0.39 is 0 Å². The fourth-order valence-electron chi connectivity index (χ4n) is 2.09. The molecule has 0 bridgehead atoms. The first-order chi connectivity index (χ1) is 9.59. The number of nitro benzene ring substituents is 1. The van der Waals surface area contributed by atoms with Gasteiger partial charge in [0.2, 0.25) is 5.91 Å². The van der Waals surface area contributed by atoms with Crippen LogP contribution in [0.3, 0.4) is 0 Å². The summed E-state index contributed by atoms with van der Waals surface area (Å²) in [4.78, 5) is 22.0. The van der Waals surface area contributed by atoms with E-state index in [9.17, 15) is 14.9 Å². The molecule has 108 valence electrons. The zero-order valence-electron chi connectivity index (χ0n) is 11.5. The number of rotatable bonds is 7. The fourth-order valence-corrected chi connectivity index (χ4v) is 2.09. The molecule has 2 rings (SSSR count). The highest BCUT2D eigenvalue weighted by Crippen LogP contribution is 2.28. The number of nitrogens with one attached hydrogen (secondary N) is 2. The van der Waals surface area contributed by atoms with Gasteiger partial charge in [-0.3, -0.25) is 14.9 Å². The Morgan fingerprint density at radius 3 is 2.75 bits per heavy atom. The zero-order chi connectivity index (χ0) is 14.5. The summed E-state index contributed by atoms with van der Waals surface area (Å²) >= 11 is 0. The lowest BCUT2D eigenvalue weighted by Crippen LogP contribution is -2.33. The minimum Gasteiger partial charge on any atom is -0.355 e. The predicted octanol–water partition coefficient (Wildman–Crippen LogP) is 1.77. The molecule has 1 aliphatic carbocycles. The summed E-state index contributed by atoms with van der Waals surface area (Å²) in [5, 5.41) is 17.0. The second-order valence-electron chi connectivity index (χ2n) is 5.06. The van der Waals surface area contributed by atoms with Gasteiger partial charge in [0.05, 0.1) is 4.92 Å². The van der Waals surface area contributed by atoms with Gasteiger partial charge in [-0.1, -0.05) is 18.2 Å². The molecule has 6 nitrogen and oxygen atoms in total. The number of para-hydroxylation sites is 1. The SMILES string of the molecule is CC(NCCNC(=O)C1CC1)c1ccccc1[N+](=O)[O-]. The second-order valence-corrected chi connectivity index (χ2v) is 5.06. The topological polar surface area (TPSA) is 84.3 Å². The molecule has 20 heavy (non-hydrogen) atoms. The summed E-state index contributed by atoms with van der Waals surface area (Å²) in [7, 11) is 0. The van der Waals surface area contributed by atoms with Crippen LogP contribution in [-0.4, -0.2) is 23.9 Å². The van der Waals surface area contributed by atoms with Gasteiger partial charge >= 0.3 is 0 Å². The second kappa shape index (κ2) is 6.47. The molecule has 0 heterocycles. The highest BCUT2D eigenvalue weighted by Gasteiger charge is 2.29. The van der Waals surface area contributed by atoms with E-state index in [0.29, 0.717) is 18.7 Å². The molecule has 0 saturated heterocycles. The molecular weight excluding hydrogens is 258 g/mol. The van der Waals surface area contributed by atoms with Gasteiger partial charge in [-0.2, -0.15) is 0 Å². The number of amides is 1. The van der Waals surface area contributed by atoms with Crippen LogP contribution in [0, 0.1) is 16.0 Å². The Morgan fingerprint density at radius 1 is 1.40 bits per heavy atom. The third-order valence-corrected chi connectivity index (χ3v) is 3.42. The molecule has 1 aromatic carbocycles. The van der Waals surface area contributed by atoms with Gasteiger partial charge in [0, 0.05) is 36.7 Å². The van der Waals surface area contributed by atoms with Crippen molar-refractivity contribution in [3.05, 3.63) is 39.9 Å². The van der Waals surface area contributed by atoms with E-state index >= 15 is 0 Å². The third kappa shape index (κ3) is 3.77. The molecule has 0 radical (unpaired) electrons. The van der Waals surface area contributed by atoms with Crippen molar-refractivity contribution in [2.24, 2.45) is 5.92 Å². The van der Waals surface area contributed by atoms with Crippen molar-refractivity contribution in [2.75, 3.05) is 13.1 Å². The van der Waals surface area contributed by atoms with Crippen LogP contribution in [0.5, 0.6) is 0 Å². The van der Waals surface area contributed by atoms with Crippen LogP contribution in [0.15, 0.2) is 24.3 Å². The van der Waals surface area contributed by atoms with Gasteiger partial charge in [-0.05, 0) is 19.8 Å². The molecular formula is C14H19N3O3. The van der Waals surface area contributed by atoms with Gasteiger partial charge in [0.1, 0.15) is 0 Å². The maximum absolute atomic E-state index is 11.4. The third-order valence-electron chi connectivity index (χ3n) is 3.42. The Morgan fingerprint density at radius 2 is 2.10 bits per heavy atom. The van der Waals surface area contributed by atoms with E-state index in [-0.39, 0.29) is 28.5 Å². The summed E-state index contributed by atoms with van der Waals surface area (Å²) < 4.78 is 0. The Labute approximate surface area is 117 Å². The Bertz CT molecular complexity index is 500. The summed E-state index contributed by atoms with van der Waals surface area (Å²) in [5.41, 5.74) is 0.778. The molecule has 0 aliphatic heterocycles. The lowest BCUT2D eigenvalue weighted by Gasteiger charge is -2.14. The maximum Gasteiger partial charge on any atom is 0.274 e. The Kier molecular flexibility index (Phi) is 4.68. The zero-order valence-corrected chi connectivity index (χ0v) is 11.5. The minimum absolute atomic E-state index is 0.116. The van der Waals surface area contributed by atoms with Crippen LogP contribution >= 0.6 is 0 Å². The van der Waals surface area contributed by atoms with Crippen LogP contribution in [0.4, 0.5) is 5.69 Å². The molecule has 0 spiro atoms. The number of nitro groups is 1. The van der Waals surface area contributed by atoms with E-state index in [4.69, 9.17) is 0 Å². The first-order valence-corrected chi connectivity index (χ1v) is 6.84. The molecule has 1 aliphatic rings. The first kappa shape index (κ1) is 14.5. The van der Waals surface area contributed by atoms with Gasteiger partial charge in [0.25, 0.3) is 5.69 Å². The lowest BCUT2D eigenvalue weighted by atomic mass is 10.1. The summed E-state index contributed by atoms with van der Waals surface area (Å²) in [6, 6.07) is 6.56. The first-order valence-electron chi connectivity index (χ1n) is 6.84. The normalized spacial score (nSPS) is 15.7. The van der Waals surface area contributed by atoms with Crippen molar-refractivity contribution in [3.63, 3.8) is 0 Å². The number of carbonyl (C=O) groups is 1. The number of carbonyl (C=O) groups excluding carboxylic acids is 1. The molecule has 0 aromatic heterocycles. The Hall–Kier alpha value is -1.95. The predicted molar refractivity (Wildman–Crippen MR) is 75.2 cm³/mol. The molecule has 6 heteroatoms. The van der Waals surface area contributed by atoms with Crippen LogP contribution < -0.4 is 10.6 Å². The molecule has 1 amide bonds. The smallest absolute Gasteiger partial charge is 0.274 e. The van der Waals surface area contributed by atoms with Crippen molar-refractivity contribution in [1.29, 1.82) is 0 Å². The van der Waals surface area contributed by atoms with Gasteiger partial charge in [-0.25, -0.2) is 0 Å². The molecule has 1 fully saturated rings. The summed E-state index contributed by atoms with van der Waals surface area (Å²) in [6.07, 6.45) is 1.98. The number of hydrogen-bond donors (Lipinski definition) is 2. The van der Waals surface area contributed by atoms with Crippen molar-refractivity contribution in [3.8, 4) is 0 Å². The van der Waals surface area contributed by atoms with Gasteiger partial charge in [0.15, 0.2) is 0 Å². The van der Waals surface area contributed by atoms with E-state index in [2.05, 4.69) is 10.6 Å². The van der Waals surface area contributed by atoms with Crippen LogP contribution in [-0.2, 0) is 4.79 Å². The standard InChI is InChI=1S/C14H19N3O3/c1-10(12-4-2-3-5-13(12)17(19)20)15-8-9-16-14(18)11-6-7-11/h2-5,10-11,15H,6-9H2,1H3,(H,16,18). The molecule has 2 N–H and O–H groups in total. The summed E-state index contributed by atoms with van der Waals surface area (Å²) in [5.74, 6) is 0.327. The molecule has 1 unspecified atom stereocenters. The van der Waals surface area contributed by atoms with E-state index in [1.807, 2.05) is 6.92 Å². The molecule has 1 saturated carbocycles. The highest BCUT2D eigenvalue weighted by molar-refractivity contribution is 5.80. The average molecular weight is 277 g/mol. The number of hydrogen-bond acceptors (Lipinski definition) is 4. The lowest BCUT2D eigenvalue weighted by molar-refractivity contribution is -0.385. The van der Waals surface area contributed by atoms with Crippen LogP contribution in [0.2, 0.25) is 0 Å². The van der Waals surface area contributed by atoms with Crippen molar-refractivity contribution < 1.29 is 9.72 Å². The quantitative estimate of drug-likeness (QED) is 0.452. The van der Waals surface area contributed by atoms with Crippen molar-refractivity contribution in [1.82, 2.24) is 10.6 Å². The maximum atomic E-state index is 11.4. The van der Waals surface area contributed by atoms with Crippen LogP contribution in [0.25, 0.3) is 0 Å². The van der Waals surface area contributed by atoms with E-state index in [1.54, 1.807) is 18.2 Å². The molecule has 1 atom stereocenters. The fraction of sp³-hybridized carbons (Fsp3) is 0.500. The largest absolute Gasteiger partial charge is 0.355 e. The number of nitrogens with zero attached hydrogens (tertiary/aromatic N) is 1. The van der Waals surface area contributed by atoms with E-state index in [1.165, 1.54) is 6.07 Å². The van der Waals surface area contributed by atoms with Gasteiger partial charge < -0.3 is 10.6 Å². The highest BCUT2D eigenvalue weighted by atomic mass is 16.6. The minimum atomic E-state index is -0.373. The van der Waals surface area contributed by atoms with Crippen molar-refractivity contribution >= 4 is 11.6 Å². The van der Waals surface area contributed by atoms with Crippen molar-refractivity contribution in [2.45, 2.75) is 25.8 Å².